The van der Waals surface area contributed by atoms with Crippen LogP contribution in [0.3, 0.4) is 0 Å². The van der Waals surface area contributed by atoms with Crippen molar-refractivity contribution in [2.75, 3.05) is 25.6 Å². The van der Waals surface area contributed by atoms with Gasteiger partial charge >= 0.3 is 0 Å². The zero-order valence-corrected chi connectivity index (χ0v) is 15.1. The lowest BCUT2D eigenvalue weighted by Crippen LogP contribution is -2.15. The van der Waals surface area contributed by atoms with E-state index in [2.05, 4.69) is 21.2 Å². The van der Waals surface area contributed by atoms with Crippen LogP contribution < -0.4 is 10.1 Å². The van der Waals surface area contributed by atoms with Crippen LogP contribution in [0.5, 0.6) is 5.75 Å². The summed E-state index contributed by atoms with van der Waals surface area (Å²) in [6, 6.07) is 11.3. The third kappa shape index (κ3) is 4.81. The van der Waals surface area contributed by atoms with Crippen molar-refractivity contribution in [3.63, 3.8) is 0 Å². The molecule has 0 spiro atoms. The smallest absolute Gasteiger partial charge is 0.259 e. The molecular weight excluding hydrogens is 358 g/mol. The molecule has 0 fully saturated rings. The molecule has 122 valence electrons. The van der Waals surface area contributed by atoms with E-state index >= 15 is 0 Å². The summed E-state index contributed by atoms with van der Waals surface area (Å²) in [6.07, 6.45) is 0. The third-order valence-electron chi connectivity index (χ3n) is 3.36. The lowest BCUT2D eigenvalue weighted by Gasteiger charge is -2.13. The highest BCUT2D eigenvalue weighted by atomic mass is 79.9. The highest BCUT2D eigenvalue weighted by Gasteiger charge is 2.14. The molecule has 2 aromatic carbocycles. The molecule has 4 nitrogen and oxygen atoms in total. The average molecular weight is 378 g/mol. The molecule has 0 saturated heterocycles. The van der Waals surface area contributed by atoms with Crippen LogP contribution >= 0.6 is 15.9 Å². The van der Waals surface area contributed by atoms with Crippen molar-refractivity contribution in [2.45, 2.75) is 13.8 Å². The van der Waals surface area contributed by atoms with Gasteiger partial charge in [0.05, 0.1) is 12.2 Å². The van der Waals surface area contributed by atoms with E-state index in [1.54, 1.807) is 19.2 Å². The molecule has 0 bridgehead atoms. The van der Waals surface area contributed by atoms with Gasteiger partial charge < -0.3 is 14.8 Å². The van der Waals surface area contributed by atoms with Crippen LogP contribution in [-0.4, -0.2) is 26.2 Å². The van der Waals surface area contributed by atoms with E-state index in [0.29, 0.717) is 24.5 Å². The van der Waals surface area contributed by atoms with Crippen molar-refractivity contribution < 1.29 is 14.3 Å². The van der Waals surface area contributed by atoms with Crippen molar-refractivity contribution >= 4 is 27.5 Å². The number of aryl methyl sites for hydroxylation is 2. The Bertz CT molecular complexity index is 701. The van der Waals surface area contributed by atoms with Crippen LogP contribution in [0.2, 0.25) is 0 Å². The Kier molecular flexibility index (Phi) is 6.19. The minimum atomic E-state index is -0.203. The zero-order chi connectivity index (χ0) is 16.8. The fraction of sp³-hybridized carbons (Fsp3) is 0.278. The molecule has 0 radical (unpaired) electrons. The molecule has 1 amide bonds. The Balaban J connectivity index is 2.21. The van der Waals surface area contributed by atoms with Crippen LogP contribution in [-0.2, 0) is 4.74 Å². The number of rotatable bonds is 6. The number of hydrogen-bond acceptors (Lipinski definition) is 3. The summed E-state index contributed by atoms with van der Waals surface area (Å²) in [5.74, 6) is 0.332. The van der Waals surface area contributed by atoms with Gasteiger partial charge in [-0.1, -0.05) is 33.6 Å². The predicted octanol–water partition coefficient (Wildman–Crippen LogP) is 4.34. The largest absolute Gasteiger partial charge is 0.490 e. The van der Waals surface area contributed by atoms with E-state index in [4.69, 9.17) is 9.47 Å². The molecule has 0 unspecified atom stereocenters. The number of ether oxygens (including phenoxy) is 2. The van der Waals surface area contributed by atoms with E-state index in [-0.39, 0.29) is 5.91 Å². The van der Waals surface area contributed by atoms with Crippen LogP contribution in [0.4, 0.5) is 5.69 Å². The number of anilines is 1. The molecule has 0 aromatic heterocycles. The summed E-state index contributed by atoms with van der Waals surface area (Å²) in [5, 5.41) is 2.94. The number of hydrogen-bond donors (Lipinski definition) is 1. The summed E-state index contributed by atoms with van der Waals surface area (Å²) in [7, 11) is 1.61. The van der Waals surface area contributed by atoms with Crippen LogP contribution in [0.1, 0.15) is 21.5 Å². The van der Waals surface area contributed by atoms with Gasteiger partial charge in [-0.05, 0) is 43.7 Å². The van der Waals surface area contributed by atoms with Crippen molar-refractivity contribution in [1.29, 1.82) is 0 Å². The summed E-state index contributed by atoms with van der Waals surface area (Å²) in [6.45, 7) is 4.85. The molecule has 0 aliphatic rings. The molecule has 0 heterocycles. The Labute approximate surface area is 144 Å². The first-order valence-corrected chi connectivity index (χ1v) is 8.10. The second-order valence-electron chi connectivity index (χ2n) is 5.25. The van der Waals surface area contributed by atoms with Gasteiger partial charge in [-0.15, -0.1) is 0 Å². The Morgan fingerprint density at radius 2 is 1.91 bits per heavy atom. The normalized spacial score (nSPS) is 10.4. The van der Waals surface area contributed by atoms with E-state index < -0.39 is 0 Å². The first kappa shape index (κ1) is 17.5. The maximum Gasteiger partial charge on any atom is 0.259 e. The number of carbonyl (C=O) groups is 1. The first-order chi connectivity index (χ1) is 11.0. The van der Waals surface area contributed by atoms with E-state index in [9.17, 15) is 4.79 Å². The van der Waals surface area contributed by atoms with E-state index in [1.807, 2.05) is 38.1 Å². The highest BCUT2D eigenvalue weighted by Crippen LogP contribution is 2.25. The number of nitrogens with one attached hydrogen (secondary N) is 1. The minimum absolute atomic E-state index is 0.203. The molecule has 0 aliphatic carbocycles. The second kappa shape index (κ2) is 8.13. The quantitative estimate of drug-likeness (QED) is 0.761. The summed E-state index contributed by atoms with van der Waals surface area (Å²) >= 11 is 3.40. The number of carbonyl (C=O) groups excluding carboxylic acids is 1. The summed E-state index contributed by atoms with van der Waals surface area (Å²) < 4.78 is 11.4. The number of methoxy groups -OCH3 is 1. The molecule has 2 rings (SSSR count). The van der Waals surface area contributed by atoms with Crippen molar-refractivity contribution in [2.24, 2.45) is 0 Å². The summed E-state index contributed by atoms with van der Waals surface area (Å²) in [5.41, 5.74) is 3.46. The lowest BCUT2D eigenvalue weighted by atomic mass is 10.1. The van der Waals surface area contributed by atoms with Crippen molar-refractivity contribution in [3.05, 3.63) is 57.6 Å². The standard InChI is InChI=1S/C18H20BrNO3/c1-12-4-6-16(13(2)10-12)20-18(21)15-11-14(19)5-7-17(15)23-9-8-22-3/h4-7,10-11H,8-9H2,1-3H3,(H,20,21). The van der Waals surface area contributed by atoms with Crippen LogP contribution in [0.15, 0.2) is 40.9 Å². The van der Waals surface area contributed by atoms with E-state index in [0.717, 1.165) is 21.3 Å². The maximum atomic E-state index is 12.6. The molecule has 1 N–H and O–H groups in total. The first-order valence-electron chi connectivity index (χ1n) is 7.31. The van der Waals surface area contributed by atoms with Gasteiger partial charge in [0.1, 0.15) is 12.4 Å². The number of halogens is 1. The average Bonchev–Trinajstić information content (AvgIpc) is 2.51. The topological polar surface area (TPSA) is 47.6 Å². The molecule has 2 aromatic rings. The van der Waals surface area contributed by atoms with Crippen molar-refractivity contribution in [1.82, 2.24) is 0 Å². The van der Waals surface area contributed by atoms with Crippen LogP contribution in [0, 0.1) is 13.8 Å². The van der Waals surface area contributed by atoms with Gasteiger partial charge in [-0.2, -0.15) is 0 Å². The lowest BCUT2D eigenvalue weighted by molar-refractivity contribution is 0.101. The molecule has 5 heteroatoms. The third-order valence-corrected chi connectivity index (χ3v) is 3.85. The Morgan fingerprint density at radius 1 is 1.13 bits per heavy atom. The molecule has 23 heavy (non-hydrogen) atoms. The summed E-state index contributed by atoms with van der Waals surface area (Å²) in [4.78, 5) is 12.6. The Morgan fingerprint density at radius 3 is 2.61 bits per heavy atom. The molecule has 0 atom stereocenters. The minimum Gasteiger partial charge on any atom is -0.490 e. The van der Waals surface area contributed by atoms with Gasteiger partial charge in [0, 0.05) is 17.3 Å². The monoisotopic (exact) mass is 377 g/mol. The van der Waals surface area contributed by atoms with Gasteiger partial charge in [-0.3, -0.25) is 4.79 Å². The van der Waals surface area contributed by atoms with Gasteiger partial charge in [0.25, 0.3) is 5.91 Å². The fourth-order valence-electron chi connectivity index (χ4n) is 2.18. The van der Waals surface area contributed by atoms with Gasteiger partial charge in [-0.25, -0.2) is 0 Å². The molecular formula is C18H20BrNO3. The maximum absolute atomic E-state index is 12.6. The number of benzene rings is 2. The number of amides is 1. The second-order valence-corrected chi connectivity index (χ2v) is 6.17. The van der Waals surface area contributed by atoms with Crippen molar-refractivity contribution in [3.8, 4) is 5.75 Å². The molecule has 0 aliphatic heterocycles. The predicted molar refractivity (Wildman–Crippen MR) is 95.4 cm³/mol. The zero-order valence-electron chi connectivity index (χ0n) is 13.5. The van der Waals surface area contributed by atoms with Gasteiger partial charge in [0.15, 0.2) is 0 Å². The van der Waals surface area contributed by atoms with Gasteiger partial charge in [0.2, 0.25) is 0 Å². The van der Waals surface area contributed by atoms with E-state index in [1.165, 1.54) is 0 Å². The highest BCUT2D eigenvalue weighted by molar-refractivity contribution is 9.10. The van der Waals surface area contributed by atoms with Crippen LogP contribution in [0.25, 0.3) is 0 Å². The SMILES string of the molecule is COCCOc1ccc(Br)cc1C(=O)Nc1ccc(C)cc1C. The Hall–Kier alpha value is -1.85. The molecule has 0 saturated carbocycles. The fourth-order valence-corrected chi connectivity index (χ4v) is 2.55.